The van der Waals surface area contributed by atoms with E-state index in [4.69, 9.17) is 9.47 Å². The van der Waals surface area contributed by atoms with Crippen LogP contribution in [0.1, 0.15) is 10.4 Å². The zero-order valence-corrected chi connectivity index (χ0v) is 13.0. The lowest BCUT2D eigenvalue weighted by atomic mass is 10.2. The van der Waals surface area contributed by atoms with Gasteiger partial charge < -0.3 is 14.8 Å². The van der Waals surface area contributed by atoms with Gasteiger partial charge in [-0.05, 0) is 35.7 Å². The largest absolute Gasteiger partial charge is 0.481 e. The van der Waals surface area contributed by atoms with Gasteiger partial charge in [0.1, 0.15) is 5.75 Å². The van der Waals surface area contributed by atoms with Gasteiger partial charge in [0, 0.05) is 23.3 Å². The minimum Gasteiger partial charge on any atom is -0.481 e. The molecule has 3 rings (SSSR count). The van der Waals surface area contributed by atoms with Crippen molar-refractivity contribution >= 4 is 22.9 Å². The van der Waals surface area contributed by atoms with Crippen LogP contribution in [0.2, 0.25) is 0 Å². The molecule has 0 atom stereocenters. The number of ether oxygens (including phenoxy) is 2. The Labute approximate surface area is 136 Å². The van der Waals surface area contributed by atoms with E-state index in [1.54, 1.807) is 48.0 Å². The Bertz CT molecular complexity index is 789. The molecule has 6 nitrogen and oxygen atoms in total. The van der Waals surface area contributed by atoms with Crippen molar-refractivity contribution in [2.24, 2.45) is 0 Å². The number of rotatable bonds is 5. The minimum absolute atomic E-state index is 0.143. The number of aromatic nitrogens is 2. The van der Waals surface area contributed by atoms with E-state index in [1.165, 1.54) is 18.4 Å². The maximum Gasteiger partial charge on any atom is 0.325 e. The molecular formula is C16H13N3O3S. The molecule has 0 radical (unpaired) electrons. The van der Waals surface area contributed by atoms with Crippen molar-refractivity contribution in [2.45, 2.75) is 0 Å². The number of thiophene rings is 1. The molecular weight excluding hydrogens is 314 g/mol. The zero-order valence-electron chi connectivity index (χ0n) is 12.2. The minimum atomic E-state index is -0.143. The standard InChI is InChI=1S/C16H13N3O3S/c1-21-14-6-8-17-16(19-14)22-13-4-2-12(3-5-13)18-15(20)11-7-9-23-10-11/h2-10H,1H3,(H,18,20). The van der Waals surface area contributed by atoms with Crippen molar-refractivity contribution < 1.29 is 14.3 Å². The van der Waals surface area contributed by atoms with Crippen molar-refractivity contribution in [1.82, 2.24) is 9.97 Å². The second kappa shape index (κ2) is 6.89. The Kier molecular flexibility index (Phi) is 4.49. The molecule has 1 N–H and O–H groups in total. The maximum absolute atomic E-state index is 12.0. The van der Waals surface area contributed by atoms with Crippen LogP contribution in [0.25, 0.3) is 0 Å². The number of benzene rings is 1. The second-order valence-corrected chi connectivity index (χ2v) is 5.25. The molecule has 0 unspecified atom stereocenters. The van der Waals surface area contributed by atoms with Gasteiger partial charge in [-0.3, -0.25) is 4.79 Å². The number of hydrogen-bond donors (Lipinski definition) is 1. The lowest BCUT2D eigenvalue weighted by Crippen LogP contribution is -2.10. The SMILES string of the molecule is COc1ccnc(Oc2ccc(NC(=O)c3ccsc3)cc2)n1. The topological polar surface area (TPSA) is 73.3 Å². The third kappa shape index (κ3) is 3.83. The summed E-state index contributed by atoms with van der Waals surface area (Å²) < 4.78 is 10.6. The van der Waals surface area contributed by atoms with Gasteiger partial charge >= 0.3 is 6.01 Å². The number of carbonyl (C=O) groups excluding carboxylic acids is 1. The van der Waals surface area contributed by atoms with E-state index in [9.17, 15) is 4.79 Å². The van der Waals surface area contributed by atoms with Crippen molar-refractivity contribution in [3.63, 3.8) is 0 Å². The molecule has 3 aromatic rings. The van der Waals surface area contributed by atoms with Crippen molar-refractivity contribution in [3.8, 4) is 17.6 Å². The number of amides is 1. The fourth-order valence-electron chi connectivity index (χ4n) is 1.80. The van der Waals surface area contributed by atoms with Crippen LogP contribution in [0.15, 0.2) is 53.4 Å². The first kappa shape index (κ1) is 15.0. The van der Waals surface area contributed by atoms with E-state index in [0.717, 1.165) is 0 Å². The van der Waals surface area contributed by atoms with Crippen LogP contribution >= 0.6 is 11.3 Å². The molecule has 1 aromatic carbocycles. The molecule has 7 heteroatoms. The summed E-state index contributed by atoms with van der Waals surface area (Å²) in [6.07, 6.45) is 1.55. The molecule has 0 fully saturated rings. The molecule has 23 heavy (non-hydrogen) atoms. The second-order valence-electron chi connectivity index (χ2n) is 4.47. The lowest BCUT2D eigenvalue weighted by Gasteiger charge is -2.07. The van der Waals surface area contributed by atoms with Crippen LogP contribution < -0.4 is 14.8 Å². The number of hydrogen-bond acceptors (Lipinski definition) is 6. The van der Waals surface area contributed by atoms with Gasteiger partial charge in [-0.1, -0.05) is 0 Å². The highest BCUT2D eigenvalue weighted by Gasteiger charge is 2.07. The number of nitrogens with zero attached hydrogens (tertiary/aromatic N) is 2. The summed E-state index contributed by atoms with van der Waals surface area (Å²) in [6, 6.07) is 10.6. The zero-order chi connectivity index (χ0) is 16.1. The first-order valence-corrected chi connectivity index (χ1v) is 7.67. The van der Waals surface area contributed by atoms with E-state index < -0.39 is 0 Å². The summed E-state index contributed by atoms with van der Waals surface area (Å²) in [5.74, 6) is 0.845. The predicted molar refractivity (Wildman–Crippen MR) is 87.4 cm³/mol. The van der Waals surface area contributed by atoms with Crippen LogP contribution in [0.4, 0.5) is 5.69 Å². The Morgan fingerprint density at radius 1 is 1.17 bits per heavy atom. The summed E-state index contributed by atoms with van der Waals surface area (Å²) in [5, 5.41) is 6.47. The van der Waals surface area contributed by atoms with Crippen LogP contribution in [-0.2, 0) is 0 Å². The van der Waals surface area contributed by atoms with Gasteiger partial charge in [-0.15, -0.1) is 0 Å². The highest BCUT2D eigenvalue weighted by Crippen LogP contribution is 2.21. The Balaban J connectivity index is 1.66. The average molecular weight is 327 g/mol. The summed E-state index contributed by atoms with van der Waals surface area (Å²) in [7, 11) is 1.52. The normalized spacial score (nSPS) is 10.1. The molecule has 0 aliphatic heterocycles. The molecule has 2 heterocycles. The summed E-state index contributed by atoms with van der Waals surface area (Å²) in [4.78, 5) is 20.0. The van der Waals surface area contributed by atoms with E-state index in [1.807, 2.05) is 5.38 Å². The Morgan fingerprint density at radius 3 is 2.70 bits per heavy atom. The van der Waals surface area contributed by atoms with Crippen molar-refractivity contribution in [2.75, 3.05) is 12.4 Å². The number of anilines is 1. The smallest absolute Gasteiger partial charge is 0.325 e. The molecule has 2 aromatic heterocycles. The number of methoxy groups -OCH3 is 1. The molecule has 116 valence electrons. The van der Waals surface area contributed by atoms with E-state index in [0.29, 0.717) is 22.9 Å². The summed E-state index contributed by atoms with van der Waals surface area (Å²) in [5.41, 5.74) is 1.32. The summed E-state index contributed by atoms with van der Waals surface area (Å²) in [6.45, 7) is 0. The van der Waals surface area contributed by atoms with Crippen LogP contribution in [0.5, 0.6) is 17.6 Å². The fraction of sp³-hybridized carbons (Fsp3) is 0.0625. The maximum atomic E-state index is 12.0. The summed E-state index contributed by atoms with van der Waals surface area (Å²) >= 11 is 1.48. The van der Waals surface area contributed by atoms with Crippen LogP contribution in [-0.4, -0.2) is 23.0 Å². The van der Waals surface area contributed by atoms with Crippen molar-refractivity contribution in [1.29, 1.82) is 0 Å². The molecule has 0 aliphatic rings. The van der Waals surface area contributed by atoms with Gasteiger partial charge in [-0.25, -0.2) is 4.98 Å². The Morgan fingerprint density at radius 2 is 2.00 bits per heavy atom. The lowest BCUT2D eigenvalue weighted by molar-refractivity contribution is 0.102. The van der Waals surface area contributed by atoms with Gasteiger partial charge in [0.15, 0.2) is 0 Å². The number of nitrogens with one attached hydrogen (secondary N) is 1. The third-order valence-electron chi connectivity index (χ3n) is 2.92. The Hall–Kier alpha value is -2.93. The monoisotopic (exact) mass is 327 g/mol. The highest BCUT2D eigenvalue weighted by molar-refractivity contribution is 7.08. The van der Waals surface area contributed by atoms with Gasteiger partial charge in [-0.2, -0.15) is 16.3 Å². The number of carbonyl (C=O) groups is 1. The van der Waals surface area contributed by atoms with E-state index in [2.05, 4.69) is 15.3 Å². The molecule has 0 spiro atoms. The predicted octanol–water partition coefficient (Wildman–Crippen LogP) is 3.59. The molecule has 1 amide bonds. The van der Waals surface area contributed by atoms with Gasteiger partial charge in [0.05, 0.1) is 12.7 Å². The van der Waals surface area contributed by atoms with E-state index >= 15 is 0 Å². The molecule has 0 aliphatic carbocycles. The first-order chi connectivity index (χ1) is 11.2. The van der Waals surface area contributed by atoms with E-state index in [-0.39, 0.29) is 11.9 Å². The average Bonchev–Trinajstić information content (AvgIpc) is 3.11. The highest BCUT2D eigenvalue weighted by atomic mass is 32.1. The van der Waals surface area contributed by atoms with Crippen molar-refractivity contribution in [3.05, 3.63) is 58.9 Å². The molecule has 0 saturated heterocycles. The quantitative estimate of drug-likeness (QED) is 0.775. The third-order valence-corrected chi connectivity index (χ3v) is 3.60. The fourth-order valence-corrected chi connectivity index (χ4v) is 2.43. The first-order valence-electron chi connectivity index (χ1n) is 6.73. The molecule has 0 saturated carbocycles. The van der Waals surface area contributed by atoms with Crippen LogP contribution in [0.3, 0.4) is 0 Å². The van der Waals surface area contributed by atoms with Crippen LogP contribution in [0, 0.1) is 0 Å². The van der Waals surface area contributed by atoms with Gasteiger partial charge in [0.25, 0.3) is 5.91 Å². The molecule has 0 bridgehead atoms. The van der Waals surface area contributed by atoms with Gasteiger partial charge in [0.2, 0.25) is 5.88 Å².